The molecule has 0 aliphatic carbocycles. The van der Waals surface area contributed by atoms with E-state index >= 15 is 0 Å². The Hall–Kier alpha value is -1.51. The smallest absolute Gasteiger partial charge is 0.257 e. The third kappa shape index (κ3) is 3.77. The fourth-order valence-corrected chi connectivity index (χ4v) is 1.58. The molecule has 0 saturated heterocycles. The molecule has 0 aromatic heterocycles. The van der Waals surface area contributed by atoms with Gasteiger partial charge in [0.1, 0.15) is 5.75 Å². The first-order valence-electron chi connectivity index (χ1n) is 5.79. The Morgan fingerprint density at radius 1 is 1.35 bits per heavy atom. The van der Waals surface area contributed by atoms with Crippen LogP contribution in [0.5, 0.6) is 5.75 Å². The van der Waals surface area contributed by atoms with Crippen molar-refractivity contribution in [1.82, 2.24) is 5.32 Å². The van der Waals surface area contributed by atoms with Gasteiger partial charge in [0, 0.05) is 7.05 Å². The maximum absolute atomic E-state index is 11.2. The summed E-state index contributed by atoms with van der Waals surface area (Å²) >= 11 is 0. The first kappa shape index (κ1) is 13.6. The lowest BCUT2D eigenvalue weighted by molar-refractivity contribution is -0.122. The molecule has 0 aliphatic heterocycles. The van der Waals surface area contributed by atoms with Crippen LogP contribution in [-0.2, 0) is 10.2 Å². The molecule has 1 rings (SSSR count). The Balaban J connectivity index is 2.96. The molecule has 0 fully saturated rings. The Bertz CT molecular complexity index is 405. The second kappa shape index (κ2) is 5.21. The van der Waals surface area contributed by atoms with E-state index in [1.807, 2.05) is 13.0 Å². The highest BCUT2D eigenvalue weighted by Gasteiger charge is 2.19. The van der Waals surface area contributed by atoms with Crippen molar-refractivity contribution in [2.45, 2.75) is 33.1 Å². The van der Waals surface area contributed by atoms with Crippen molar-refractivity contribution in [2.75, 3.05) is 13.7 Å². The molecule has 0 saturated carbocycles. The van der Waals surface area contributed by atoms with Crippen molar-refractivity contribution in [3.05, 3.63) is 29.3 Å². The topological polar surface area (TPSA) is 38.3 Å². The van der Waals surface area contributed by atoms with Crippen LogP contribution in [0.25, 0.3) is 0 Å². The predicted molar refractivity (Wildman–Crippen MR) is 69.4 cm³/mol. The van der Waals surface area contributed by atoms with Crippen LogP contribution in [0.4, 0.5) is 0 Å². The van der Waals surface area contributed by atoms with Crippen LogP contribution in [0.1, 0.15) is 31.9 Å². The molecular formula is C14H21NO2. The molecule has 1 amide bonds. The molecule has 17 heavy (non-hydrogen) atoms. The number of carbonyl (C=O) groups excluding carboxylic acids is 1. The number of likely N-dealkylation sites (N-methyl/N-ethyl adjacent to an activating group) is 1. The molecule has 1 aromatic carbocycles. The van der Waals surface area contributed by atoms with Crippen LogP contribution in [0, 0.1) is 6.92 Å². The maximum atomic E-state index is 11.2. The molecule has 0 radical (unpaired) electrons. The minimum Gasteiger partial charge on any atom is -0.483 e. The minimum atomic E-state index is -0.119. The molecule has 0 aliphatic rings. The van der Waals surface area contributed by atoms with Gasteiger partial charge in [-0.1, -0.05) is 32.9 Å². The average Bonchev–Trinajstić information content (AvgIpc) is 2.24. The van der Waals surface area contributed by atoms with Crippen LogP contribution >= 0.6 is 0 Å². The molecule has 0 spiro atoms. The summed E-state index contributed by atoms with van der Waals surface area (Å²) in [5.74, 6) is 0.674. The third-order valence-electron chi connectivity index (χ3n) is 2.58. The molecule has 1 N–H and O–H groups in total. The van der Waals surface area contributed by atoms with Crippen LogP contribution < -0.4 is 10.1 Å². The number of hydrogen-bond donors (Lipinski definition) is 1. The van der Waals surface area contributed by atoms with Gasteiger partial charge in [0.2, 0.25) is 0 Å². The van der Waals surface area contributed by atoms with Gasteiger partial charge in [-0.15, -0.1) is 0 Å². The zero-order valence-electron chi connectivity index (χ0n) is 11.3. The van der Waals surface area contributed by atoms with Crippen LogP contribution in [0.3, 0.4) is 0 Å². The van der Waals surface area contributed by atoms with E-state index in [9.17, 15) is 4.79 Å². The van der Waals surface area contributed by atoms with E-state index in [0.717, 1.165) is 16.9 Å². The van der Waals surface area contributed by atoms with Crippen molar-refractivity contribution in [3.63, 3.8) is 0 Å². The molecule has 0 heterocycles. The lowest BCUT2D eigenvalue weighted by Crippen LogP contribution is -2.25. The molecule has 0 atom stereocenters. The molecule has 0 bridgehead atoms. The van der Waals surface area contributed by atoms with Crippen molar-refractivity contribution in [2.24, 2.45) is 0 Å². The van der Waals surface area contributed by atoms with Crippen molar-refractivity contribution >= 4 is 5.91 Å². The molecule has 3 heteroatoms. The Kier molecular flexibility index (Phi) is 4.16. The number of carbonyl (C=O) groups is 1. The van der Waals surface area contributed by atoms with E-state index in [1.165, 1.54) is 0 Å². The summed E-state index contributed by atoms with van der Waals surface area (Å²) in [6, 6.07) is 6.10. The third-order valence-corrected chi connectivity index (χ3v) is 2.58. The van der Waals surface area contributed by atoms with Gasteiger partial charge in [-0.2, -0.15) is 0 Å². The lowest BCUT2D eigenvalue weighted by atomic mass is 9.86. The largest absolute Gasteiger partial charge is 0.483 e. The van der Waals surface area contributed by atoms with Gasteiger partial charge in [-0.3, -0.25) is 4.79 Å². The summed E-state index contributed by atoms with van der Waals surface area (Å²) in [4.78, 5) is 11.2. The van der Waals surface area contributed by atoms with Crippen LogP contribution in [-0.4, -0.2) is 19.6 Å². The zero-order chi connectivity index (χ0) is 13.1. The number of aryl methyl sites for hydroxylation is 1. The summed E-state index contributed by atoms with van der Waals surface area (Å²) in [5.41, 5.74) is 2.25. The summed E-state index contributed by atoms with van der Waals surface area (Å²) in [5, 5.41) is 2.54. The van der Waals surface area contributed by atoms with Gasteiger partial charge in [-0.25, -0.2) is 0 Å². The maximum Gasteiger partial charge on any atom is 0.257 e. The summed E-state index contributed by atoms with van der Waals surface area (Å²) < 4.78 is 5.59. The van der Waals surface area contributed by atoms with E-state index in [0.29, 0.717) is 0 Å². The SMILES string of the molecule is CNC(=O)COc1cc(C)ccc1C(C)(C)C. The van der Waals surface area contributed by atoms with Gasteiger partial charge in [0.25, 0.3) is 5.91 Å². The predicted octanol–water partition coefficient (Wildman–Crippen LogP) is 2.42. The Morgan fingerprint density at radius 2 is 2.00 bits per heavy atom. The Labute approximate surface area is 103 Å². The molecule has 1 aromatic rings. The standard InChI is InChI=1S/C14H21NO2/c1-10-6-7-11(14(2,3)4)12(8-10)17-9-13(16)15-5/h6-8H,9H2,1-5H3,(H,15,16). The van der Waals surface area contributed by atoms with Crippen molar-refractivity contribution < 1.29 is 9.53 Å². The second-order valence-electron chi connectivity index (χ2n) is 5.21. The fourth-order valence-electron chi connectivity index (χ4n) is 1.58. The quantitative estimate of drug-likeness (QED) is 0.873. The number of nitrogens with one attached hydrogen (secondary N) is 1. The van der Waals surface area contributed by atoms with E-state index in [2.05, 4.69) is 38.2 Å². The monoisotopic (exact) mass is 235 g/mol. The normalized spacial score (nSPS) is 11.1. The van der Waals surface area contributed by atoms with Gasteiger partial charge in [-0.05, 0) is 29.5 Å². The fraction of sp³-hybridized carbons (Fsp3) is 0.500. The first-order chi connectivity index (χ1) is 7.84. The summed E-state index contributed by atoms with van der Waals surface area (Å²) in [7, 11) is 1.60. The van der Waals surface area contributed by atoms with Gasteiger partial charge >= 0.3 is 0 Å². The highest BCUT2D eigenvalue weighted by Crippen LogP contribution is 2.31. The second-order valence-corrected chi connectivity index (χ2v) is 5.21. The van der Waals surface area contributed by atoms with E-state index in [4.69, 9.17) is 4.74 Å². The van der Waals surface area contributed by atoms with E-state index in [-0.39, 0.29) is 17.9 Å². The van der Waals surface area contributed by atoms with Crippen LogP contribution in [0.2, 0.25) is 0 Å². The molecule has 0 unspecified atom stereocenters. The van der Waals surface area contributed by atoms with Gasteiger partial charge < -0.3 is 10.1 Å². The summed E-state index contributed by atoms with van der Waals surface area (Å²) in [6.45, 7) is 8.46. The first-order valence-corrected chi connectivity index (χ1v) is 5.79. The number of hydrogen-bond acceptors (Lipinski definition) is 2. The number of rotatable bonds is 3. The van der Waals surface area contributed by atoms with E-state index < -0.39 is 0 Å². The molecular weight excluding hydrogens is 214 g/mol. The lowest BCUT2D eigenvalue weighted by Gasteiger charge is -2.23. The average molecular weight is 235 g/mol. The number of ether oxygens (including phenoxy) is 1. The molecule has 3 nitrogen and oxygen atoms in total. The Morgan fingerprint density at radius 3 is 2.53 bits per heavy atom. The van der Waals surface area contributed by atoms with E-state index in [1.54, 1.807) is 7.05 Å². The minimum absolute atomic E-state index is 0.00568. The van der Waals surface area contributed by atoms with Crippen molar-refractivity contribution in [3.8, 4) is 5.75 Å². The summed E-state index contributed by atoms with van der Waals surface area (Å²) in [6.07, 6.45) is 0. The molecule has 94 valence electrons. The number of amides is 1. The van der Waals surface area contributed by atoms with Gasteiger partial charge in [0.05, 0.1) is 0 Å². The van der Waals surface area contributed by atoms with Crippen molar-refractivity contribution in [1.29, 1.82) is 0 Å². The highest BCUT2D eigenvalue weighted by molar-refractivity contribution is 5.77. The number of benzene rings is 1. The van der Waals surface area contributed by atoms with Crippen LogP contribution in [0.15, 0.2) is 18.2 Å². The zero-order valence-corrected chi connectivity index (χ0v) is 11.3. The highest BCUT2D eigenvalue weighted by atomic mass is 16.5. The van der Waals surface area contributed by atoms with Gasteiger partial charge in [0.15, 0.2) is 6.61 Å².